The highest BCUT2D eigenvalue weighted by molar-refractivity contribution is 5.74. The minimum absolute atomic E-state index is 0.467. The topological polar surface area (TPSA) is 37.8 Å². The van der Waals surface area contributed by atoms with E-state index < -0.39 is 0 Å². The number of nitrogens with one attached hydrogen (secondary N) is 1. The average Bonchev–Trinajstić information content (AvgIpc) is 3.22. The van der Waals surface area contributed by atoms with Crippen LogP contribution < -0.4 is 5.32 Å². The van der Waals surface area contributed by atoms with Crippen LogP contribution in [-0.4, -0.2) is 16.5 Å². The Kier molecular flexibility index (Phi) is 3.24. The molecule has 1 unspecified atom stereocenters. The molecule has 0 radical (unpaired) electrons. The number of nitrogens with zero attached hydrogens (tertiary/aromatic N) is 2. The van der Waals surface area contributed by atoms with Crippen LogP contribution in [0.3, 0.4) is 0 Å². The van der Waals surface area contributed by atoms with E-state index >= 15 is 0 Å². The highest BCUT2D eigenvalue weighted by Gasteiger charge is 2.25. The largest absolute Gasteiger partial charge is 0.310 e. The maximum absolute atomic E-state index is 4.39. The molecule has 0 bridgehead atoms. The normalized spacial score (nSPS) is 16.9. The first kappa shape index (κ1) is 11.6. The summed E-state index contributed by atoms with van der Waals surface area (Å²) in [7, 11) is 0. The van der Waals surface area contributed by atoms with E-state index in [0.717, 1.165) is 23.5 Å². The summed E-state index contributed by atoms with van der Waals surface area (Å²) in [6, 6.07) is 6.91. The molecule has 1 aromatic carbocycles. The van der Waals surface area contributed by atoms with E-state index in [1.807, 2.05) is 0 Å². The lowest BCUT2D eigenvalue weighted by atomic mass is 10.0. The van der Waals surface area contributed by atoms with Crippen molar-refractivity contribution >= 4 is 11.0 Å². The zero-order valence-corrected chi connectivity index (χ0v) is 10.8. The van der Waals surface area contributed by atoms with E-state index in [1.54, 1.807) is 12.4 Å². The summed E-state index contributed by atoms with van der Waals surface area (Å²) in [4.78, 5) is 8.71. The van der Waals surface area contributed by atoms with Gasteiger partial charge in [-0.1, -0.05) is 25.8 Å². The Morgan fingerprint density at radius 3 is 2.72 bits per heavy atom. The first-order valence-electron chi connectivity index (χ1n) is 6.81. The van der Waals surface area contributed by atoms with Gasteiger partial charge in [-0.25, -0.2) is 0 Å². The van der Waals surface area contributed by atoms with Crippen molar-refractivity contribution in [2.24, 2.45) is 5.92 Å². The summed E-state index contributed by atoms with van der Waals surface area (Å²) >= 11 is 0. The smallest absolute Gasteiger partial charge is 0.0890 e. The van der Waals surface area contributed by atoms with Crippen LogP contribution in [0, 0.1) is 5.92 Å². The predicted molar refractivity (Wildman–Crippen MR) is 73.3 cm³/mol. The minimum atomic E-state index is 0.467. The van der Waals surface area contributed by atoms with Gasteiger partial charge in [0.2, 0.25) is 0 Å². The molecule has 3 rings (SSSR count). The third kappa shape index (κ3) is 2.51. The van der Waals surface area contributed by atoms with Crippen molar-refractivity contribution in [3.8, 4) is 0 Å². The van der Waals surface area contributed by atoms with Gasteiger partial charge in [-0.15, -0.1) is 0 Å². The maximum atomic E-state index is 4.39. The molecule has 0 spiro atoms. The molecule has 3 nitrogen and oxygen atoms in total. The summed E-state index contributed by atoms with van der Waals surface area (Å²) in [5.41, 5.74) is 3.31. The van der Waals surface area contributed by atoms with Gasteiger partial charge in [-0.05, 0) is 36.6 Å². The van der Waals surface area contributed by atoms with Crippen molar-refractivity contribution < 1.29 is 0 Å². The van der Waals surface area contributed by atoms with Crippen LogP contribution >= 0.6 is 0 Å². The lowest BCUT2D eigenvalue weighted by Gasteiger charge is -2.18. The van der Waals surface area contributed by atoms with Crippen molar-refractivity contribution in [1.29, 1.82) is 0 Å². The molecule has 2 aromatic rings. The Balaban J connectivity index is 1.89. The second kappa shape index (κ2) is 5.02. The summed E-state index contributed by atoms with van der Waals surface area (Å²) in [5, 5.41) is 3.59. The summed E-state index contributed by atoms with van der Waals surface area (Å²) < 4.78 is 0. The van der Waals surface area contributed by atoms with Crippen LogP contribution in [0.2, 0.25) is 0 Å². The number of fused-ring (bicyclic) bond motifs is 1. The first-order chi connectivity index (χ1) is 8.86. The monoisotopic (exact) mass is 241 g/mol. The number of hydrogen-bond donors (Lipinski definition) is 1. The quantitative estimate of drug-likeness (QED) is 0.874. The molecule has 18 heavy (non-hydrogen) atoms. The average molecular weight is 241 g/mol. The molecule has 1 aliphatic rings. The van der Waals surface area contributed by atoms with Gasteiger partial charge in [-0.3, -0.25) is 9.97 Å². The fourth-order valence-electron chi connectivity index (χ4n) is 2.47. The molecule has 0 amide bonds. The van der Waals surface area contributed by atoms with Crippen molar-refractivity contribution in [3.05, 3.63) is 36.2 Å². The van der Waals surface area contributed by atoms with Crippen LogP contribution in [0.1, 0.15) is 37.8 Å². The zero-order valence-electron chi connectivity index (χ0n) is 10.8. The summed E-state index contributed by atoms with van der Waals surface area (Å²) in [5.74, 6) is 0.923. The van der Waals surface area contributed by atoms with Crippen LogP contribution in [0.5, 0.6) is 0 Å². The Morgan fingerprint density at radius 1 is 1.22 bits per heavy atom. The Morgan fingerprint density at radius 2 is 2.00 bits per heavy atom. The fourth-order valence-corrected chi connectivity index (χ4v) is 2.47. The van der Waals surface area contributed by atoms with Crippen molar-refractivity contribution in [2.45, 2.75) is 32.2 Å². The maximum Gasteiger partial charge on any atom is 0.0890 e. The number of hydrogen-bond acceptors (Lipinski definition) is 3. The molecule has 0 aliphatic heterocycles. The molecular weight excluding hydrogens is 222 g/mol. The Labute approximate surface area is 108 Å². The van der Waals surface area contributed by atoms with E-state index in [9.17, 15) is 0 Å². The molecule has 94 valence electrons. The van der Waals surface area contributed by atoms with Crippen molar-refractivity contribution in [2.75, 3.05) is 6.54 Å². The van der Waals surface area contributed by atoms with Gasteiger partial charge in [-0.2, -0.15) is 0 Å². The molecule has 1 heterocycles. The van der Waals surface area contributed by atoms with Gasteiger partial charge >= 0.3 is 0 Å². The second-order valence-electron chi connectivity index (χ2n) is 5.09. The van der Waals surface area contributed by atoms with E-state index in [4.69, 9.17) is 0 Å². The Hall–Kier alpha value is -1.48. The van der Waals surface area contributed by atoms with E-state index in [-0.39, 0.29) is 0 Å². The molecule has 0 saturated heterocycles. The van der Waals surface area contributed by atoms with Gasteiger partial charge in [0.15, 0.2) is 0 Å². The van der Waals surface area contributed by atoms with Crippen LogP contribution in [-0.2, 0) is 0 Å². The first-order valence-corrected chi connectivity index (χ1v) is 6.81. The number of benzene rings is 1. The fraction of sp³-hybridized carbons (Fsp3) is 0.467. The molecule has 3 heteroatoms. The van der Waals surface area contributed by atoms with E-state index in [0.29, 0.717) is 6.04 Å². The van der Waals surface area contributed by atoms with E-state index in [2.05, 4.69) is 40.4 Å². The van der Waals surface area contributed by atoms with Gasteiger partial charge in [0.25, 0.3) is 0 Å². The molecular formula is C15H19N3. The van der Waals surface area contributed by atoms with Gasteiger partial charge in [0, 0.05) is 18.4 Å². The lowest BCUT2D eigenvalue weighted by molar-refractivity contribution is 0.487. The van der Waals surface area contributed by atoms with Gasteiger partial charge < -0.3 is 5.32 Å². The number of rotatable bonds is 5. The standard InChI is InChI=1S/C15H19N3/c1-2-16-14(9-11-3-4-11)12-5-6-13-15(10-12)18-8-7-17-13/h5-8,10-11,14,16H,2-4,9H2,1H3. The highest BCUT2D eigenvalue weighted by Crippen LogP contribution is 2.37. The van der Waals surface area contributed by atoms with Crippen molar-refractivity contribution in [3.63, 3.8) is 0 Å². The predicted octanol–water partition coefficient (Wildman–Crippen LogP) is 3.08. The van der Waals surface area contributed by atoms with Crippen molar-refractivity contribution in [1.82, 2.24) is 15.3 Å². The molecule has 1 N–H and O–H groups in total. The minimum Gasteiger partial charge on any atom is -0.310 e. The Bertz CT molecular complexity index is 534. The van der Waals surface area contributed by atoms with Gasteiger partial charge in [0.1, 0.15) is 0 Å². The summed E-state index contributed by atoms with van der Waals surface area (Å²) in [6.45, 7) is 3.18. The SMILES string of the molecule is CCNC(CC1CC1)c1ccc2nccnc2c1. The lowest BCUT2D eigenvalue weighted by Crippen LogP contribution is -2.21. The molecule has 1 aliphatic carbocycles. The third-order valence-corrected chi connectivity index (χ3v) is 3.61. The second-order valence-corrected chi connectivity index (χ2v) is 5.09. The van der Waals surface area contributed by atoms with Crippen LogP contribution in [0.15, 0.2) is 30.6 Å². The molecule has 1 aromatic heterocycles. The van der Waals surface area contributed by atoms with E-state index in [1.165, 1.54) is 24.8 Å². The van der Waals surface area contributed by atoms with Crippen LogP contribution in [0.4, 0.5) is 0 Å². The third-order valence-electron chi connectivity index (χ3n) is 3.61. The highest BCUT2D eigenvalue weighted by atomic mass is 14.9. The van der Waals surface area contributed by atoms with Gasteiger partial charge in [0.05, 0.1) is 11.0 Å². The van der Waals surface area contributed by atoms with Crippen LogP contribution in [0.25, 0.3) is 11.0 Å². The summed E-state index contributed by atoms with van der Waals surface area (Å²) in [6.07, 6.45) is 7.55. The molecule has 1 saturated carbocycles. The molecule has 1 fully saturated rings. The number of aromatic nitrogens is 2. The molecule has 1 atom stereocenters. The zero-order chi connectivity index (χ0) is 12.4.